The topological polar surface area (TPSA) is 265 Å². The molecule has 0 aliphatic carbocycles. The van der Waals surface area contributed by atoms with Crippen LogP contribution in [0, 0.1) is 0 Å². The number of nitrogens with one attached hydrogen (secondary N) is 4. The van der Waals surface area contributed by atoms with Crippen LogP contribution in [0.3, 0.4) is 0 Å². The largest absolute Gasteiger partial charge is 0.480 e. The molecular formula is C24H32N8O7. The zero-order valence-corrected chi connectivity index (χ0v) is 21.0. The van der Waals surface area contributed by atoms with E-state index >= 15 is 0 Å². The van der Waals surface area contributed by atoms with Crippen molar-refractivity contribution in [3.63, 3.8) is 0 Å². The van der Waals surface area contributed by atoms with Gasteiger partial charge in [-0.05, 0) is 12.0 Å². The first-order chi connectivity index (χ1) is 18.5. The fraction of sp³-hybridized carbons (Fsp3) is 0.375. The summed E-state index contributed by atoms with van der Waals surface area (Å²) in [5.74, 6) is -5.70. The highest BCUT2D eigenvalue weighted by atomic mass is 16.4. The molecule has 0 fully saturated rings. The second-order valence-corrected chi connectivity index (χ2v) is 8.77. The number of carbonyl (C=O) groups is 6. The molecule has 0 saturated carbocycles. The minimum atomic E-state index is -1.66. The van der Waals surface area contributed by atoms with Crippen molar-refractivity contribution in [2.45, 2.75) is 56.3 Å². The van der Waals surface area contributed by atoms with E-state index in [4.69, 9.17) is 17.2 Å². The van der Waals surface area contributed by atoms with Gasteiger partial charge in [0.05, 0.1) is 18.8 Å². The van der Waals surface area contributed by atoms with Gasteiger partial charge < -0.3 is 43.2 Å². The molecule has 1 aromatic heterocycles. The molecule has 0 bridgehead atoms. The number of carboxylic acid groups (broad SMARTS) is 1. The molecule has 4 atom stereocenters. The number of aromatic amines is 1. The van der Waals surface area contributed by atoms with Crippen LogP contribution in [-0.2, 0) is 41.6 Å². The molecule has 0 aliphatic rings. The number of hydrogen-bond donors (Lipinski definition) is 8. The molecule has 1 aromatic carbocycles. The summed E-state index contributed by atoms with van der Waals surface area (Å²) >= 11 is 0. The Morgan fingerprint density at radius 3 is 2.03 bits per heavy atom. The van der Waals surface area contributed by atoms with E-state index < -0.39 is 66.1 Å². The number of nitrogens with zero attached hydrogens (tertiary/aromatic N) is 1. The molecule has 15 nitrogen and oxygen atoms in total. The minimum absolute atomic E-state index is 0.0266. The highest BCUT2D eigenvalue weighted by Crippen LogP contribution is 2.07. The lowest BCUT2D eigenvalue weighted by Gasteiger charge is -2.25. The SMILES string of the molecule is NC(=O)CCC(NC(=O)C(Cc1ccccc1)NC(=O)C(N)Cc1cnc[nH]1)C(=O)NC(CC(N)=O)C(=O)O. The van der Waals surface area contributed by atoms with Crippen molar-refractivity contribution in [2.75, 3.05) is 0 Å². The van der Waals surface area contributed by atoms with E-state index in [1.807, 2.05) is 0 Å². The Morgan fingerprint density at radius 1 is 0.846 bits per heavy atom. The maximum atomic E-state index is 13.3. The van der Waals surface area contributed by atoms with Gasteiger partial charge in [0.15, 0.2) is 0 Å². The van der Waals surface area contributed by atoms with E-state index in [9.17, 15) is 33.9 Å². The number of aliphatic carboxylic acids is 1. The highest BCUT2D eigenvalue weighted by molar-refractivity contribution is 5.95. The Balaban J connectivity index is 2.22. The van der Waals surface area contributed by atoms with E-state index in [0.29, 0.717) is 11.3 Å². The van der Waals surface area contributed by atoms with Gasteiger partial charge >= 0.3 is 5.97 Å². The molecule has 210 valence electrons. The van der Waals surface area contributed by atoms with Gasteiger partial charge in [0, 0.05) is 31.2 Å². The average molecular weight is 545 g/mol. The smallest absolute Gasteiger partial charge is 0.326 e. The Bertz CT molecular complexity index is 1160. The number of imidazole rings is 1. The van der Waals surface area contributed by atoms with E-state index in [0.717, 1.165) is 0 Å². The summed E-state index contributed by atoms with van der Waals surface area (Å²) < 4.78 is 0. The zero-order valence-electron chi connectivity index (χ0n) is 21.0. The predicted molar refractivity (Wildman–Crippen MR) is 136 cm³/mol. The van der Waals surface area contributed by atoms with Crippen molar-refractivity contribution in [1.29, 1.82) is 0 Å². The van der Waals surface area contributed by atoms with Crippen molar-refractivity contribution < 1.29 is 33.9 Å². The average Bonchev–Trinajstić information content (AvgIpc) is 3.38. The van der Waals surface area contributed by atoms with Gasteiger partial charge in [-0.25, -0.2) is 9.78 Å². The third-order valence-corrected chi connectivity index (χ3v) is 5.58. The minimum Gasteiger partial charge on any atom is -0.480 e. The number of nitrogens with two attached hydrogens (primary N) is 3. The van der Waals surface area contributed by atoms with Crippen LogP contribution in [0.1, 0.15) is 30.5 Å². The van der Waals surface area contributed by atoms with Crippen molar-refractivity contribution in [2.24, 2.45) is 17.2 Å². The second kappa shape index (κ2) is 14.8. The van der Waals surface area contributed by atoms with Gasteiger partial charge in [-0.3, -0.25) is 24.0 Å². The van der Waals surface area contributed by atoms with Crippen LogP contribution in [0.25, 0.3) is 0 Å². The van der Waals surface area contributed by atoms with Gasteiger partial charge in [0.1, 0.15) is 18.1 Å². The second-order valence-electron chi connectivity index (χ2n) is 8.77. The highest BCUT2D eigenvalue weighted by Gasteiger charge is 2.31. The maximum Gasteiger partial charge on any atom is 0.326 e. The summed E-state index contributed by atoms with van der Waals surface area (Å²) in [5, 5.41) is 16.4. The summed E-state index contributed by atoms with van der Waals surface area (Å²) in [6.45, 7) is 0. The number of hydrogen-bond acceptors (Lipinski definition) is 8. The Labute approximate surface area is 223 Å². The molecule has 2 aromatic rings. The first-order valence-electron chi connectivity index (χ1n) is 11.9. The van der Waals surface area contributed by atoms with E-state index in [-0.39, 0.29) is 25.7 Å². The van der Waals surface area contributed by atoms with E-state index in [2.05, 4.69) is 25.9 Å². The van der Waals surface area contributed by atoms with Crippen molar-refractivity contribution in [3.8, 4) is 0 Å². The van der Waals surface area contributed by atoms with Gasteiger partial charge in [0.25, 0.3) is 0 Å². The van der Waals surface area contributed by atoms with Crippen molar-refractivity contribution in [3.05, 3.63) is 54.1 Å². The van der Waals surface area contributed by atoms with Gasteiger partial charge in [-0.15, -0.1) is 0 Å². The predicted octanol–water partition coefficient (Wildman–Crippen LogP) is -2.80. The van der Waals surface area contributed by atoms with Gasteiger partial charge in [-0.1, -0.05) is 30.3 Å². The molecule has 0 aliphatic heterocycles. The molecule has 4 unspecified atom stereocenters. The van der Waals surface area contributed by atoms with Crippen LogP contribution in [0.5, 0.6) is 0 Å². The summed E-state index contributed by atoms with van der Waals surface area (Å²) in [5.41, 5.74) is 17.5. The van der Waals surface area contributed by atoms with Crippen LogP contribution < -0.4 is 33.2 Å². The van der Waals surface area contributed by atoms with Crippen LogP contribution in [0.4, 0.5) is 0 Å². The molecule has 5 amide bonds. The Kier molecular flexibility index (Phi) is 11.6. The molecule has 0 radical (unpaired) electrons. The molecule has 1 heterocycles. The van der Waals surface area contributed by atoms with Crippen LogP contribution in [0.2, 0.25) is 0 Å². The molecular weight excluding hydrogens is 512 g/mol. The Morgan fingerprint density at radius 2 is 1.46 bits per heavy atom. The van der Waals surface area contributed by atoms with Crippen LogP contribution in [-0.4, -0.2) is 74.7 Å². The quantitative estimate of drug-likeness (QED) is 0.108. The third kappa shape index (κ3) is 10.6. The molecule has 2 rings (SSSR count). The summed E-state index contributed by atoms with van der Waals surface area (Å²) in [6, 6.07) is 3.40. The lowest BCUT2D eigenvalue weighted by atomic mass is 10.0. The number of benzene rings is 1. The van der Waals surface area contributed by atoms with E-state index in [1.54, 1.807) is 30.3 Å². The molecule has 11 N–H and O–H groups in total. The van der Waals surface area contributed by atoms with E-state index in [1.165, 1.54) is 12.5 Å². The molecule has 0 saturated heterocycles. The third-order valence-electron chi connectivity index (χ3n) is 5.58. The molecule has 0 spiro atoms. The first-order valence-corrected chi connectivity index (χ1v) is 11.9. The van der Waals surface area contributed by atoms with Gasteiger partial charge in [-0.2, -0.15) is 0 Å². The standard InChI is InChI=1S/C24H32N8O7/c25-15(9-14-11-28-12-29-14)21(35)31-17(8-13-4-2-1-3-5-13)23(37)30-16(6-7-19(26)33)22(36)32-18(24(38)39)10-20(27)34/h1-5,11-12,15-18H,6-10,25H2,(H2,26,33)(H2,27,34)(H,28,29)(H,30,37)(H,31,35)(H,32,36)(H,38,39). The van der Waals surface area contributed by atoms with Crippen molar-refractivity contribution >= 4 is 35.5 Å². The summed E-state index contributed by atoms with van der Waals surface area (Å²) in [7, 11) is 0. The first kappa shape index (κ1) is 30.4. The normalized spacial score (nSPS) is 13.8. The number of carbonyl (C=O) groups excluding carboxylic acids is 5. The number of primary amides is 2. The van der Waals surface area contributed by atoms with Crippen molar-refractivity contribution in [1.82, 2.24) is 25.9 Å². The molecule has 15 heteroatoms. The number of carboxylic acids is 1. The fourth-order valence-corrected chi connectivity index (χ4v) is 3.57. The number of rotatable bonds is 16. The summed E-state index contributed by atoms with van der Waals surface area (Å²) in [4.78, 5) is 79.7. The fourth-order valence-electron chi connectivity index (χ4n) is 3.57. The number of H-pyrrole nitrogens is 1. The van der Waals surface area contributed by atoms with Crippen LogP contribution >= 0.6 is 0 Å². The lowest BCUT2D eigenvalue weighted by Crippen LogP contribution is -2.58. The lowest BCUT2D eigenvalue weighted by molar-refractivity contribution is -0.144. The summed E-state index contributed by atoms with van der Waals surface area (Å²) in [6.07, 6.45) is 1.79. The number of aromatic nitrogens is 2. The zero-order chi connectivity index (χ0) is 28.9. The monoisotopic (exact) mass is 544 g/mol. The van der Waals surface area contributed by atoms with Crippen LogP contribution in [0.15, 0.2) is 42.9 Å². The number of amides is 5. The molecule has 39 heavy (non-hydrogen) atoms. The van der Waals surface area contributed by atoms with Gasteiger partial charge in [0.2, 0.25) is 29.5 Å². The maximum absolute atomic E-state index is 13.3. The Hall–Kier alpha value is -4.79.